The van der Waals surface area contributed by atoms with Crippen molar-refractivity contribution in [3.05, 3.63) is 0 Å². The Kier molecular flexibility index (Phi) is 4.31. The van der Waals surface area contributed by atoms with E-state index in [2.05, 4.69) is 0 Å². The fourth-order valence-electron chi connectivity index (χ4n) is 1.74. The van der Waals surface area contributed by atoms with Gasteiger partial charge < -0.3 is 0 Å². The molecule has 1 saturated carbocycles. The van der Waals surface area contributed by atoms with E-state index in [1.165, 1.54) is 0 Å². The SMILES string of the molecule is FC(F)C1CC(Cl)C(C(F)F)C(Cl)C1. The maximum absolute atomic E-state index is 12.4. The fourth-order valence-corrected chi connectivity index (χ4v) is 2.84. The molecular weight excluding hydrogens is 243 g/mol. The second kappa shape index (κ2) is 4.88. The van der Waals surface area contributed by atoms with Crippen molar-refractivity contribution in [3.8, 4) is 0 Å². The quantitative estimate of drug-likeness (QED) is 0.519. The average Bonchev–Trinajstić information content (AvgIpc) is 2.01. The van der Waals surface area contributed by atoms with E-state index in [9.17, 15) is 17.6 Å². The molecular formula is C8H10Cl2F4. The topological polar surface area (TPSA) is 0 Å². The third kappa shape index (κ3) is 2.66. The Bertz CT molecular complexity index is 176. The zero-order valence-corrected chi connectivity index (χ0v) is 8.66. The average molecular weight is 253 g/mol. The highest BCUT2D eigenvalue weighted by Gasteiger charge is 2.43. The summed E-state index contributed by atoms with van der Waals surface area (Å²) in [6.07, 6.45) is -5.34. The Morgan fingerprint density at radius 2 is 1.29 bits per heavy atom. The van der Waals surface area contributed by atoms with Crippen molar-refractivity contribution in [2.75, 3.05) is 0 Å². The smallest absolute Gasteiger partial charge is 0.210 e. The minimum atomic E-state index is -2.64. The zero-order valence-electron chi connectivity index (χ0n) is 7.15. The summed E-state index contributed by atoms with van der Waals surface area (Å²) >= 11 is 11.2. The Balaban J connectivity index is 2.63. The van der Waals surface area contributed by atoms with Gasteiger partial charge in [0, 0.05) is 16.7 Å². The van der Waals surface area contributed by atoms with Crippen LogP contribution in [0.3, 0.4) is 0 Å². The van der Waals surface area contributed by atoms with Gasteiger partial charge in [0.1, 0.15) is 0 Å². The third-order valence-corrected chi connectivity index (χ3v) is 3.48. The first-order valence-electron chi connectivity index (χ1n) is 4.28. The molecule has 1 aliphatic carbocycles. The summed E-state index contributed by atoms with van der Waals surface area (Å²) in [5.74, 6) is -2.12. The van der Waals surface area contributed by atoms with Gasteiger partial charge in [-0.2, -0.15) is 0 Å². The van der Waals surface area contributed by atoms with Crippen molar-refractivity contribution < 1.29 is 17.6 Å². The number of alkyl halides is 6. The van der Waals surface area contributed by atoms with Gasteiger partial charge in [-0.3, -0.25) is 0 Å². The van der Waals surface area contributed by atoms with Crippen LogP contribution in [-0.2, 0) is 0 Å². The molecule has 0 nitrogen and oxygen atoms in total. The van der Waals surface area contributed by atoms with Crippen molar-refractivity contribution in [2.24, 2.45) is 11.8 Å². The molecule has 0 N–H and O–H groups in total. The summed E-state index contributed by atoms with van der Waals surface area (Å²) < 4.78 is 49.4. The Morgan fingerprint density at radius 3 is 1.57 bits per heavy atom. The van der Waals surface area contributed by atoms with Crippen LogP contribution in [0.2, 0.25) is 0 Å². The molecule has 0 saturated heterocycles. The van der Waals surface area contributed by atoms with Crippen molar-refractivity contribution in [1.29, 1.82) is 0 Å². The molecule has 1 rings (SSSR count). The van der Waals surface area contributed by atoms with Crippen LogP contribution in [0.4, 0.5) is 17.6 Å². The lowest BCUT2D eigenvalue weighted by atomic mass is 9.81. The molecule has 14 heavy (non-hydrogen) atoms. The van der Waals surface area contributed by atoms with Crippen molar-refractivity contribution in [2.45, 2.75) is 36.4 Å². The fraction of sp³-hybridized carbons (Fsp3) is 1.00. The van der Waals surface area contributed by atoms with Gasteiger partial charge in [0.2, 0.25) is 12.9 Å². The monoisotopic (exact) mass is 252 g/mol. The number of halogens is 6. The lowest BCUT2D eigenvalue weighted by Gasteiger charge is -2.35. The van der Waals surface area contributed by atoms with E-state index in [0.29, 0.717) is 0 Å². The van der Waals surface area contributed by atoms with Gasteiger partial charge in [-0.25, -0.2) is 17.6 Å². The minimum absolute atomic E-state index is 0.0859. The molecule has 1 aliphatic rings. The van der Waals surface area contributed by atoms with Crippen LogP contribution in [0.5, 0.6) is 0 Å². The standard InChI is InChI=1S/C8H10Cl2F4/c9-4-1-3(7(11)12)2-5(10)6(4)8(13)14/h3-8H,1-2H2. The van der Waals surface area contributed by atoms with Gasteiger partial charge in [-0.05, 0) is 12.8 Å². The van der Waals surface area contributed by atoms with Crippen LogP contribution in [0, 0.1) is 11.8 Å². The minimum Gasteiger partial charge on any atom is -0.210 e. The molecule has 0 bridgehead atoms. The van der Waals surface area contributed by atoms with Gasteiger partial charge in [0.15, 0.2) is 0 Å². The highest BCUT2D eigenvalue weighted by atomic mass is 35.5. The normalized spacial score (nSPS) is 39.4. The van der Waals surface area contributed by atoms with E-state index in [-0.39, 0.29) is 12.8 Å². The van der Waals surface area contributed by atoms with E-state index in [1.54, 1.807) is 0 Å². The number of rotatable bonds is 2. The van der Waals surface area contributed by atoms with Crippen molar-refractivity contribution >= 4 is 23.2 Å². The molecule has 0 spiro atoms. The van der Waals surface area contributed by atoms with Crippen LogP contribution in [0.25, 0.3) is 0 Å². The molecule has 0 amide bonds. The molecule has 0 heterocycles. The molecule has 0 aliphatic heterocycles. The summed E-state index contributed by atoms with van der Waals surface area (Å²) in [5.41, 5.74) is 0. The highest BCUT2D eigenvalue weighted by Crippen LogP contribution is 2.41. The first kappa shape index (κ1) is 12.4. The van der Waals surface area contributed by atoms with E-state index in [4.69, 9.17) is 23.2 Å². The summed E-state index contributed by atoms with van der Waals surface area (Å²) in [7, 11) is 0. The van der Waals surface area contributed by atoms with E-state index in [1.807, 2.05) is 0 Å². The summed E-state index contributed by atoms with van der Waals surface area (Å²) in [6, 6.07) is 0. The highest BCUT2D eigenvalue weighted by molar-refractivity contribution is 6.24. The zero-order chi connectivity index (χ0) is 10.9. The van der Waals surface area contributed by atoms with Crippen LogP contribution in [0.15, 0.2) is 0 Å². The number of hydrogen-bond acceptors (Lipinski definition) is 0. The molecule has 0 aromatic carbocycles. The maximum atomic E-state index is 12.4. The van der Waals surface area contributed by atoms with Gasteiger partial charge in [0.05, 0.1) is 5.92 Å². The predicted molar refractivity (Wildman–Crippen MR) is 47.5 cm³/mol. The Morgan fingerprint density at radius 1 is 0.857 bits per heavy atom. The van der Waals surface area contributed by atoms with E-state index in [0.717, 1.165) is 0 Å². The molecule has 0 aromatic rings. The second-order valence-corrected chi connectivity index (χ2v) is 4.63. The van der Waals surface area contributed by atoms with Gasteiger partial charge in [-0.15, -0.1) is 23.2 Å². The lowest BCUT2D eigenvalue weighted by Crippen LogP contribution is -2.40. The van der Waals surface area contributed by atoms with Gasteiger partial charge in [-0.1, -0.05) is 0 Å². The third-order valence-electron chi connectivity index (χ3n) is 2.54. The van der Waals surface area contributed by atoms with Gasteiger partial charge >= 0.3 is 0 Å². The van der Waals surface area contributed by atoms with Crippen LogP contribution < -0.4 is 0 Å². The van der Waals surface area contributed by atoms with E-state index < -0.39 is 35.4 Å². The molecule has 2 unspecified atom stereocenters. The Hall–Kier alpha value is 0.300. The molecule has 6 heteroatoms. The van der Waals surface area contributed by atoms with Crippen LogP contribution in [-0.4, -0.2) is 23.6 Å². The molecule has 84 valence electrons. The van der Waals surface area contributed by atoms with Crippen LogP contribution >= 0.6 is 23.2 Å². The Labute approximate surface area is 89.6 Å². The molecule has 2 atom stereocenters. The predicted octanol–water partition coefficient (Wildman–Crippen LogP) is 3.76. The largest absolute Gasteiger partial charge is 0.244 e. The lowest BCUT2D eigenvalue weighted by molar-refractivity contribution is 0.0103. The first-order chi connectivity index (χ1) is 6.43. The summed E-state index contributed by atoms with van der Waals surface area (Å²) in [5, 5.41) is -1.91. The first-order valence-corrected chi connectivity index (χ1v) is 5.15. The van der Waals surface area contributed by atoms with Crippen LogP contribution in [0.1, 0.15) is 12.8 Å². The molecule has 1 fully saturated rings. The van der Waals surface area contributed by atoms with Crippen molar-refractivity contribution in [3.63, 3.8) is 0 Å². The van der Waals surface area contributed by atoms with Crippen molar-refractivity contribution in [1.82, 2.24) is 0 Å². The van der Waals surface area contributed by atoms with E-state index >= 15 is 0 Å². The number of hydrogen-bond donors (Lipinski definition) is 0. The maximum Gasteiger partial charge on any atom is 0.244 e. The van der Waals surface area contributed by atoms with Gasteiger partial charge in [0.25, 0.3) is 0 Å². The summed E-state index contributed by atoms with van der Waals surface area (Å²) in [4.78, 5) is 0. The second-order valence-electron chi connectivity index (χ2n) is 3.51. The summed E-state index contributed by atoms with van der Waals surface area (Å²) in [6.45, 7) is 0. The molecule has 0 aromatic heterocycles. The molecule has 0 radical (unpaired) electrons.